The van der Waals surface area contributed by atoms with Gasteiger partial charge in [-0.15, -0.1) is 0 Å². The third kappa shape index (κ3) is 4.39. The van der Waals surface area contributed by atoms with Crippen molar-refractivity contribution < 1.29 is 18.7 Å². The van der Waals surface area contributed by atoms with E-state index in [1.807, 2.05) is 25.8 Å². The highest BCUT2D eigenvalue weighted by Crippen LogP contribution is 2.34. The minimum Gasteiger partial charge on any atom is -0.491 e. The van der Waals surface area contributed by atoms with Crippen LogP contribution in [0.5, 0.6) is 5.75 Å². The fourth-order valence-corrected chi connectivity index (χ4v) is 4.06. The molecule has 2 aliphatic rings. The number of carbonyl (C=O) groups is 2. The predicted molar refractivity (Wildman–Crippen MR) is 120 cm³/mol. The second kappa shape index (κ2) is 9.12. The van der Waals surface area contributed by atoms with E-state index in [1.165, 1.54) is 6.07 Å². The van der Waals surface area contributed by atoms with E-state index >= 15 is 0 Å². The van der Waals surface area contributed by atoms with Gasteiger partial charge in [-0.05, 0) is 44.7 Å². The molecule has 0 saturated carbocycles. The van der Waals surface area contributed by atoms with Crippen LogP contribution in [-0.2, 0) is 16.1 Å². The van der Waals surface area contributed by atoms with E-state index in [4.69, 9.17) is 4.74 Å². The first kappa shape index (κ1) is 22.0. The van der Waals surface area contributed by atoms with Crippen molar-refractivity contribution in [2.45, 2.75) is 26.5 Å². The van der Waals surface area contributed by atoms with Crippen molar-refractivity contribution >= 4 is 17.4 Å². The Bertz CT molecular complexity index is 1040. The van der Waals surface area contributed by atoms with Crippen LogP contribution < -0.4 is 4.74 Å². The molecule has 2 heterocycles. The SMILES string of the molecule is CC(C)Oc1ccc(C2=C(N3CCN(C)CC3)C(=O)N(Cc3ccccc3F)C2=O)cc1. The number of hydrogen-bond acceptors (Lipinski definition) is 5. The number of likely N-dealkylation sites (N-methyl/N-ethyl adjacent to an activating group) is 1. The van der Waals surface area contributed by atoms with Gasteiger partial charge in [-0.25, -0.2) is 4.39 Å². The van der Waals surface area contributed by atoms with Crippen LogP contribution in [0.15, 0.2) is 54.2 Å². The fourth-order valence-electron chi connectivity index (χ4n) is 4.06. The van der Waals surface area contributed by atoms with E-state index in [2.05, 4.69) is 4.90 Å². The van der Waals surface area contributed by atoms with Gasteiger partial charge in [0.25, 0.3) is 11.8 Å². The molecule has 0 aromatic heterocycles. The molecule has 0 unspecified atom stereocenters. The maximum absolute atomic E-state index is 14.3. The van der Waals surface area contributed by atoms with E-state index in [9.17, 15) is 14.0 Å². The monoisotopic (exact) mass is 437 g/mol. The van der Waals surface area contributed by atoms with Gasteiger partial charge in [-0.3, -0.25) is 14.5 Å². The van der Waals surface area contributed by atoms with Crippen LogP contribution in [0.3, 0.4) is 0 Å². The molecule has 2 aromatic rings. The van der Waals surface area contributed by atoms with Gasteiger partial charge in [0.15, 0.2) is 0 Å². The fraction of sp³-hybridized carbons (Fsp3) is 0.360. The minimum absolute atomic E-state index is 0.0342. The van der Waals surface area contributed by atoms with Gasteiger partial charge in [-0.2, -0.15) is 0 Å². The van der Waals surface area contributed by atoms with Gasteiger partial charge in [0.1, 0.15) is 17.3 Å². The first-order chi connectivity index (χ1) is 15.3. The van der Waals surface area contributed by atoms with Crippen LogP contribution in [-0.4, -0.2) is 65.8 Å². The molecule has 168 valence electrons. The highest BCUT2D eigenvalue weighted by molar-refractivity contribution is 6.35. The number of amides is 2. The van der Waals surface area contributed by atoms with Crippen LogP contribution in [0.1, 0.15) is 25.0 Å². The molecule has 2 aromatic carbocycles. The van der Waals surface area contributed by atoms with E-state index in [0.29, 0.717) is 41.2 Å². The summed E-state index contributed by atoms with van der Waals surface area (Å²) < 4.78 is 20.0. The zero-order chi connectivity index (χ0) is 22.8. The minimum atomic E-state index is -0.433. The molecule has 4 rings (SSSR count). The third-order valence-corrected chi connectivity index (χ3v) is 5.76. The molecule has 7 heteroatoms. The van der Waals surface area contributed by atoms with Crippen molar-refractivity contribution in [2.75, 3.05) is 33.2 Å². The molecule has 1 saturated heterocycles. The molecule has 2 amide bonds. The van der Waals surface area contributed by atoms with E-state index in [-0.39, 0.29) is 18.6 Å². The molecule has 0 atom stereocenters. The predicted octanol–water partition coefficient (Wildman–Crippen LogP) is 3.14. The van der Waals surface area contributed by atoms with Gasteiger partial charge in [-0.1, -0.05) is 30.3 Å². The summed E-state index contributed by atoms with van der Waals surface area (Å²) in [4.78, 5) is 32.2. The normalized spacial score (nSPS) is 17.7. The lowest BCUT2D eigenvalue weighted by Crippen LogP contribution is -2.46. The average Bonchev–Trinajstić information content (AvgIpc) is 3.01. The molecular weight excluding hydrogens is 409 g/mol. The lowest BCUT2D eigenvalue weighted by Gasteiger charge is -2.34. The molecule has 2 aliphatic heterocycles. The number of ether oxygens (including phenoxy) is 1. The maximum Gasteiger partial charge on any atom is 0.278 e. The largest absolute Gasteiger partial charge is 0.491 e. The highest BCUT2D eigenvalue weighted by Gasteiger charge is 2.42. The molecule has 32 heavy (non-hydrogen) atoms. The van der Waals surface area contributed by atoms with E-state index < -0.39 is 11.7 Å². The van der Waals surface area contributed by atoms with Crippen molar-refractivity contribution in [2.24, 2.45) is 0 Å². The van der Waals surface area contributed by atoms with E-state index in [1.54, 1.807) is 42.5 Å². The van der Waals surface area contributed by atoms with Gasteiger partial charge < -0.3 is 14.5 Å². The Morgan fingerprint density at radius 3 is 2.22 bits per heavy atom. The Morgan fingerprint density at radius 2 is 1.59 bits per heavy atom. The van der Waals surface area contributed by atoms with Crippen molar-refractivity contribution in [1.82, 2.24) is 14.7 Å². The number of halogens is 1. The number of hydrogen-bond donors (Lipinski definition) is 0. The van der Waals surface area contributed by atoms with Crippen LogP contribution in [0.25, 0.3) is 5.57 Å². The summed E-state index contributed by atoms with van der Waals surface area (Å²) in [5, 5.41) is 0. The topological polar surface area (TPSA) is 53.1 Å². The Hall–Kier alpha value is -3.19. The second-order valence-electron chi connectivity index (χ2n) is 8.49. The Kier molecular flexibility index (Phi) is 6.28. The third-order valence-electron chi connectivity index (χ3n) is 5.76. The van der Waals surface area contributed by atoms with Crippen molar-refractivity contribution in [1.29, 1.82) is 0 Å². The van der Waals surface area contributed by atoms with Crippen molar-refractivity contribution in [3.05, 3.63) is 71.2 Å². The number of nitrogens with zero attached hydrogens (tertiary/aromatic N) is 3. The van der Waals surface area contributed by atoms with Crippen LogP contribution in [0.2, 0.25) is 0 Å². The number of carbonyl (C=O) groups excluding carboxylic acids is 2. The summed E-state index contributed by atoms with van der Waals surface area (Å²) in [5.74, 6) is -0.506. The summed E-state index contributed by atoms with van der Waals surface area (Å²) >= 11 is 0. The second-order valence-corrected chi connectivity index (χ2v) is 8.49. The van der Waals surface area contributed by atoms with E-state index in [0.717, 1.165) is 18.0 Å². The van der Waals surface area contributed by atoms with Crippen molar-refractivity contribution in [3.8, 4) is 5.75 Å². The van der Waals surface area contributed by atoms with Gasteiger partial charge in [0.2, 0.25) is 0 Å². The maximum atomic E-state index is 14.3. The average molecular weight is 438 g/mol. The summed E-state index contributed by atoms with van der Waals surface area (Å²) in [6.07, 6.45) is 0.0342. The molecule has 0 radical (unpaired) electrons. The van der Waals surface area contributed by atoms with Crippen LogP contribution >= 0.6 is 0 Å². The zero-order valence-electron chi connectivity index (χ0n) is 18.7. The molecule has 1 fully saturated rings. The highest BCUT2D eigenvalue weighted by atomic mass is 19.1. The Labute approximate surface area is 187 Å². The quantitative estimate of drug-likeness (QED) is 0.650. The smallest absolute Gasteiger partial charge is 0.278 e. The van der Waals surface area contributed by atoms with Crippen molar-refractivity contribution in [3.63, 3.8) is 0 Å². The summed E-state index contributed by atoms with van der Waals surface area (Å²) in [6, 6.07) is 13.5. The van der Waals surface area contributed by atoms with Gasteiger partial charge in [0.05, 0.1) is 18.2 Å². The van der Waals surface area contributed by atoms with Gasteiger partial charge in [0, 0.05) is 31.7 Å². The number of rotatable bonds is 6. The molecule has 6 nitrogen and oxygen atoms in total. The Morgan fingerprint density at radius 1 is 0.938 bits per heavy atom. The molecule has 0 spiro atoms. The number of benzene rings is 2. The molecular formula is C25H28FN3O3. The molecule has 0 bridgehead atoms. The lowest BCUT2D eigenvalue weighted by molar-refractivity contribution is -0.138. The van der Waals surface area contributed by atoms with Crippen LogP contribution in [0.4, 0.5) is 4.39 Å². The lowest BCUT2D eigenvalue weighted by atomic mass is 10.0. The van der Waals surface area contributed by atoms with Crippen LogP contribution in [0, 0.1) is 5.82 Å². The zero-order valence-corrected chi connectivity index (χ0v) is 18.7. The van der Waals surface area contributed by atoms with Gasteiger partial charge >= 0.3 is 0 Å². The number of imide groups is 1. The summed E-state index contributed by atoms with van der Waals surface area (Å²) in [6.45, 7) is 6.69. The summed E-state index contributed by atoms with van der Waals surface area (Å²) in [5.41, 5.74) is 1.74. The number of piperazine rings is 1. The first-order valence-electron chi connectivity index (χ1n) is 10.9. The molecule has 0 N–H and O–H groups in total. The molecule has 0 aliphatic carbocycles. The standard InChI is InChI=1S/C25H28FN3O3/c1-17(2)32-20-10-8-18(9-11-20)22-23(28-14-12-27(3)13-15-28)25(31)29(24(22)30)16-19-6-4-5-7-21(19)26/h4-11,17H,12-16H2,1-3H3. The summed E-state index contributed by atoms with van der Waals surface area (Å²) in [7, 11) is 2.03. The Balaban J connectivity index is 1.70. The first-order valence-corrected chi connectivity index (χ1v) is 10.9.